The molecule has 136 valence electrons. The van der Waals surface area contributed by atoms with E-state index in [0.29, 0.717) is 11.6 Å². The standard InChI is InChI=1S/C17H18F2N6O/c1-9-5-11(6-9)24-8-13(14(23-24)15(18)19)22-17(26)12-7-21-25-10(2)3-4-20-16(12)25/h3-4,7-9,11,15H,5-6H2,1-2H3,(H,22,26). The Morgan fingerprint density at radius 1 is 1.38 bits per heavy atom. The summed E-state index contributed by atoms with van der Waals surface area (Å²) in [5, 5.41) is 10.7. The highest BCUT2D eigenvalue weighted by molar-refractivity contribution is 6.08. The number of hydrogen-bond acceptors (Lipinski definition) is 4. The lowest BCUT2D eigenvalue weighted by Crippen LogP contribution is -2.25. The molecule has 0 radical (unpaired) electrons. The SMILES string of the molecule is Cc1ccnc2c(C(=O)Nc3cn(C4CC(C)C4)nc3C(F)F)cnn12. The van der Waals surface area contributed by atoms with Crippen molar-refractivity contribution in [1.29, 1.82) is 0 Å². The first kappa shape index (κ1) is 16.6. The van der Waals surface area contributed by atoms with Gasteiger partial charge in [0.1, 0.15) is 5.56 Å². The van der Waals surface area contributed by atoms with Gasteiger partial charge in [-0.25, -0.2) is 18.3 Å². The number of nitrogens with one attached hydrogen (secondary N) is 1. The molecule has 3 aromatic rings. The summed E-state index contributed by atoms with van der Waals surface area (Å²) in [5.74, 6) is 0.0202. The third-order valence-electron chi connectivity index (χ3n) is 4.77. The molecule has 1 saturated carbocycles. The van der Waals surface area contributed by atoms with Gasteiger partial charge in [-0.2, -0.15) is 10.2 Å². The van der Waals surface area contributed by atoms with E-state index in [1.54, 1.807) is 12.3 Å². The van der Waals surface area contributed by atoms with Crippen LogP contribution in [0.3, 0.4) is 0 Å². The van der Waals surface area contributed by atoms with E-state index in [-0.39, 0.29) is 17.3 Å². The number of hydrogen-bond donors (Lipinski definition) is 1. The van der Waals surface area contributed by atoms with E-state index in [1.165, 1.54) is 21.6 Å². The van der Waals surface area contributed by atoms with Crippen molar-refractivity contribution >= 4 is 17.2 Å². The van der Waals surface area contributed by atoms with Gasteiger partial charge in [0.25, 0.3) is 12.3 Å². The Kier molecular flexibility index (Phi) is 3.93. The van der Waals surface area contributed by atoms with Crippen LogP contribution in [0, 0.1) is 12.8 Å². The zero-order valence-corrected chi connectivity index (χ0v) is 14.4. The minimum absolute atomic E-state index is 0.0246. The van der Waals surface area contributed by atoms with Crippen molar-refractivity contribution < 1.29 is 13.6 Å². The lowest BCUT2D eigenvalue weighted by atomic mass is 9.82. The van der Waals surface area contributed by atoms with Crippen LogP contribution in [0.4, 0.5) is 14.5 Å². The van der Waals surface area contributed by atoms with Crippen LogP contribution < -0.4 is 5.32 Å². The van der Waals surface area contributed by atoms with Crippen LogP contribution in [0.2, 0.25) is 0 Å². The molecule has 0 saturated heterocycles. The van der Waals surface area contributed by atoms with Gasteiger partial charge in [0.15, 0.2) is 11.3 Å². The predicted molar refractivity (Wildman–Crippen MR) is 90.3 cm³/mol. The molecule has 4 rings (SSSR count). The lowest BCUT2D eigenvalue weighted by Gasteiger charge is -2.32. The van der Waals surface area contributed by atoms with Crippen LogP contribution in [-0.2, 0) is 0 Å². The molecule has 3 heterocycles. The van der Waals surface area contributed by atoms with Crippen LogP contribution in [0.15, 0.2) is 24.7 Å². The van der Waals surface area contributed by atoms with Crippen molar-refractivity contribution in [3.63, 3.8) is 0 Å². The molecule has 7 nitrogen and oxygen atoms in total. The van der Waals surface area contributed by atoms with Gasteiger partial charge in [-0.1, -0.05) is 6.92 Å². The molecule has 9 heteroatoms. The average Bonchev–Trinajstić information content (AvgIpc) is 3.17. The third-order valence-corrected chi connectivity index (χ3v) is 4.77. The van der Waals surface area contributed by atoms with Crippen LogP contribution in [0.25, 0.3) is 5.65 Å². The molecule has 1 N–H and O–H groups in total. The molecule has 3 aromatic heterocycles. The number of anilines is 1. The van der Waals surface area contributed by atoms with E-state index in [9.17, 15) is 13.6 Å². The van der Waals surface area contributed by atoms with Crippen molar-refractivity contribution in [2.45, 2.75) is 39.2 Å². The number of carbonyl (C=O) groups excluding carboxylic acids is 1. The number of alkyl halides is 2. The van der Waals surface area contributed by atoms with Gasteiger partial charge in [-0.15, -0.1) is 0 Å². The third kappa shape index (κ3) is 2.73. The summed E-state index contributed by atoms with van der Waals surface area (Å²) >= 11 is 0. The van der Waals surface area contributed by atoms with E-state index < -0.39 is 18.0 Å². The van der Waals surface area contributed by atoms with Crippen LogP contribution >= 0.6 is 0 Å². The van der Waals surface area contributed by atoms with Crippen molar-refractivity contribution in [2.24, 2.45) is 5.92 Å². The van der Waals surface area contributed by atoms with Gasteiger partial charge in [-0.3, -0.25) is 9.48 Å². The summed E-state index contributed by atoms with van der Waals surface area (Å²) in [7, 11) is 0. The van der Waals surface area contributed by atoms with Gasteiger partial charge >= 0.3 is 0 Å². The highest BCUT2D eigenvalue weighted by Gasteiger charge is 2.30. The second-order valence-electron chi connectivity index (χ2n) is 6.77. The van der Waals surface area contributed by atoms with Gasteiger partial charge in [0.2, 0.25) is 0 Å². The Bertz CT molecular complexity index is 973. The lowest BCUT2D eigenvalue weighted by molar-refractivity contribution is 0.102. The number of halogens is 2. The van der Waals surface area contributed by atoms with E-state index in [0.717, 1.165) is 18.5 Å². The molecule has 0 aromatic carbocycles. The van der Waals surface area contributed by atoms with Crippen molar-refractivity contribution in [3.05, 3.63) is 41.6 Å². The normalized spacial score (nSPS) is 19.7. The average molecular weight is 360 g/mol. The van der Waals surface area contributed by atoms with Crippen molar-refractivity contribution in [3.8, 4) is 0 Å². The maximum Gasteiger partial charge on any atom is 0.284 e. The number of nitrogens with zero attached hydrogens (tertiary/aromatic N) is 5. The van der Waals surface area contributed by atoms with Crippen molar-refractivity contribution in [1.82, 2.24) is 24.4 Å². The van der Waals surface area contributed by atoms with E-state index in [1.807, 2.05) is 6.92 Å². The quantitative estimate of drug-likeness (QED) is 0.774. The number of amides is 1. The highest BCUT2D eigenvalue weighted by Crippen LogP contribution is 2.38. The van der Waals surface area contributed by atoms with Crippen LogP contribution in [-0.4, -0.2) is 30.3 Å². The molecule has 1 fully saturated rings. The van der Waals surface area contributed by atoms with Crippen LogP contribution in [0.1, 0.15) is 54.0 Å². The maximum atomic E-state index is 13.3. The summed E-state index contributed by atoms with van der Waals surface area (Å²) in [6.45, 7) is 3.94. The first-order chi connectivity index (χ1) is 12.4. The van der Waals surface area contributed by atoms with E-state index >= 15 is 0 Å². The monoisotopic (exact) mass is 360 g/mol. The topological polar surface area (TPSA) is 77.1 Å². The van der Waals surface area contributed by atoms with Gasteiger partial charge in [-0.05, 0) is 31.7 Å². The summed E-state index contributed by atoms with van der Waals surface area (Å²) < 4.78 is 29.8. The number of rotatable bonds is 4. The summed E-state index contributed by atoms with van der Waals surface area (Å²) in [5.41, 5.74) is 1.02. The zero-order chi connectivity index (χ0) is 18.4. The minimum atomic E-state index is -2.77. The fourth-order valence-electron chi connectivity index (χ4n) is 3.29. The minimum Gasteiger partial charge on any atom is -0.319 e. The fraction of sp³-hybridized carbons (Fsp3) is 0.412. The molecule has 1 aliphatic rings. The Morgan fingerprint density at radius 3 is 2.85 bits per heavy atom. The Morgan fingerprint density at radius 2 is 2.15 bits per heavy atom. The van der Waals surface area contributed by atoms with Crippen LogP contribution in [0.5, 0.6) is 0 Å². The van der Waals surface area contributed by atoms with Crippen molar-refractivity contribution in [2.75, 3.05) is 5.32 Å². The molecular weight excluding hydrogens is 342 g/mol. The molecular formula is C17H18F2N6O. The Balaban J connectivity index is 1.63. The van der Waals surface area contributed by atoms with Gasteiger partial charge in [0.05, 0.1) is 17.9 Å². The largest absolute Gasteiger partial charge is 0.319 e. The summed E-state index contributed by atoms with van der Waals surface area (Å²) in [6.07, 6.45) is 3.46. The summed E-state index contributed by atoms with van der Waals surface area (Å²) in [6, 6.07) is 1.87. The molecule has 1 aliphatic carbocycles. The molecule has 0 aliphatic heterocycles. The van der Waals surface area contributed by atoms with E-state index in [2.05, 4.69) is 27.4 Å². The zero-order valence-electron chi connectivity index (χ0n) is 14.4. The predicted octanol–water partition coefficient (Wildman–Crippen LogP) is 3.40. The second-order valence-corrected chi connectivity index (χ2v) is 6.77. The first-order valence-electron chi connectivity index (χ1n) is 8.42. The molecule has 0 unspecified atom stereocenters. The molecule has 0 spiro atoms. The number of aryl methyl sites for hydroxylation is 1. The second kappa shape index (κ2) is 6.15. The maximum absolute atomic E-state index is 13.3. The molecule has 1 amide bonds. The molecule has 26 heavy (non-hydrogen) atoms. The number of aromatic nitrogens is 5. The van der Waals surface area contributed by atoms with Gasteiger partial charge in [0, 0.05) is 18.1 Å². The molecule has 0 bridgehead atoms. The van der Waals surface area contributed by atoms with Gasteiger partial charge < -0.3 is 5.32 Å². The van der Waals surface area contributed by atoms with E-state index in [4.69, 9.17) is 0 Å². The number of fused-ring (bicyclic) bond motifs is 1. The Labute approximate surface area is 148 Å². The first-order valence-corrected chi connectivity index (χ1v) is 8.42. The smallest absolute Gasteiger partial charge is 0.284 e. The highest BCUT2D eigenvalue weighted by atomic mass is 19.3. The molecule has 0 atom stereocenters. The summed E-state index contributed by atoms with van der Waals surface area (Å²) in [4.78, 5) is 16.8. The number of carbonyl (C=O) groups is 1. The Hall–Kier alpha value is -2.84. The fourth-order valence-corrected chi connectivity index (χ4v) is 3.29.